The summed E-state index contributed by atoms with van der Waals surface area (Å²) in [6.07, 6.45) is -1.25. The van der Waals surface area contributed by atoms with Gasteiger partial charge in [-0.05, 0) is 27.8 Å². The Bertz CT molecular complexity index is 855. The molecule has 2 aromatic rings. The molecule has 0 saturated carbocycles. The smallest absolute Gasteiger partial charge is 0.200 e. The third kappa shape index (κ3) is 6.24. The van der Waals surface area contributed by atoms with Crippen molar-refractivity contribution in [1.82, 2.24) is 4.90 Å². The highest BCUT2D eigenvalue weighted by Crippen LogP contribution is 2.43. The van der Waals surface area contributed by atoms with E-state index in [1.807, 2.05) is 48.5 Å². The Labute approximate surface area is 213 Å². The van der Waals surface area contributed by atoms with Crippen molar-refractivity contribution in [2.75, 3.05) is 13.2 Å². The van der Waals surface area contributed by atoms with Crippen LogP contribution in [-0.4, -0.2) is 60.9 Å². The standard InChI is InChI=1S/C29H45NO4Si/c1-21(2)35(22(3)4,23(5)6)34-20-27-29(33-19-25-15-11-8-12-16-25)28(32)26(18-31)30(27)17-24-13-9-7-10-14-24/h7-16,21-23,26-29,31-32H,17-20H2,1-6H3/t26-,27+,28+,29+/m0/s1. The van der Waals surface area contributed by atoms with E-state index >= 15 is 0 Å². The van der Waals surface area contributed by atoms with E-state index in [4.69, 9.17) is 9.16 Å². The summed E-state index contributed by atoms with van der Waals surface area (Å²) in [5, 5.41) is 21.6. The third-order valence-corrected chi connectivity index (χ3v) is 13.9. The molecule has 1 aliphatic rings. The maximum absolute atomic E-state index is 11.3. The second-order valence-electron chi connectivity index (χ2n) is 10.9. The summed E-state index contributed by atoms with van der Waals surface area (Å²) in [6.45, 7) is 15.1. The molecule has 1 aliphatic heterocycles. The summed E-state index contributed by atoms with van der Waals surface area (Å²) in [7, 11) is -2.11. The van der Waals surface area contributed by atoms with Crippen LogP contribution in [0.15, 0.2) is 60.7 Å². The number of ether oxygens (including phenoxy) is 1. The topological polar surface area (TPSA) is 62.2 Å². The van der Waals surface area contributed by atoms with Crippen molar-refractivity contribution in [2.45, 2.75) is 95.6 Å². The molecule has 0 amide bonds. The van der Waals surface area contributed by atoms with Gasteiger partial charge in [-0.15, -0.1) is 0 Å². The highest BCUT2D eigenvalue weighted by Gasteiger charge is 2.51. The van der Waals surface area contributed by atoms with E-state index in [0.29, 0.717) is 36.4 Å². The first-order valence-corrected chi connectivity index (χ1v) is 15.2. The number of benzene rings is 2. The Balaban J connectivity index is 1.91. The Morgan fingerprint density at radius 2 is 1.31 bits per heavy atom. The van der Waals surface area contributed by atoms with Gasteiger partial charge in [-0.2, -0.15) is 0 Å². The zero-order valence-corrected chi connectivity index (χ0v) is 23.3. The van der Waals surface area contributed by atoms with Crippen LogP contribution in [0.3, 0.4) is 0 Å². The molecular formula is C29H45NO4Si. The number of nitrogens with zero attached hydrogens (tertiary/aromatic N) is 1. The van der Waals surface area contributed by atoms with Gasteiger partial charge in [-0.25, -0.2) is 0 Å². The Hall–Kier alpha value is -1.54. The highest BCUT2D eigenvalue weighted by atomic mass is 28.4. The maximum atomic E-state index is 11.3. The monoisotopic (exact) mass is 499 g/mol. The molecule has 0 aromatic heterocycles. The lowest BCUT2D eigenvalue weighted by molar-refractivity contribution is -0.0489. The zero-order chi connectivity index (χ0) is 25.6. The molecule has 0 radical (unpaired) electrons. The van der Waals surface area contributed by atoms with Crippen LogP contribution < -0.4 is 0 Å². The minimum atomic E-state index is -2.11. The van der Waals surface area contributed by atoms with Crippen molar-refractivity contribution >= 4 is 8.32 Å². The molecule has 2 N–H and O–H groups in total. The van der Waals surface area contributed by atoms with Gasteiger partial charge in [0.2, 0.25) is 0 Å². The maximum Gasteiger partial charge on any atom is 0.200 e. The van der Waals surface area contributed by atoms with Gasteiger partial charge in [0.25, 0.3) is 0 Å². The summed E-state index contributed by atoms with van der Waals surface area (Å²) in [6, 6.07) is 19.7. The van der Waals surface area contributed by atoms with Gasteiger partial charge < -0.3 is 19.4 Å². The van der Waals surface area contributed by atoms with Crippen molar-refractivity contribution in [2.24, 2.45) is 0 Å². The number of aliphatic hydroxyl groups is 2. The minimum Gasteiger partial charge on any atom is -0.414 e. The normalized spacial score (nSPS) is 23.6. The quantitative estimate of drug-likeness (QED) is 0.385. The fourth-order valence-electron chi connectivity index (χ4n) is 6.22. The first kappa shape index (κ1) is 28.0. The van der Waals surface area contributed by atoms with Gasteiger partial charge in [-0.1, -0.05) is 102 Å². The van der Waals surface area contributed by atoms with Crippen molar-refractivity contribution < 1.29 is 19.4 Å². The van der Waals surface area contributed by atoms with Crippen molar-refractivity contribution in [3.05, 3.63) is 71.8 Å². The zero-order valence-electron chi connectivity index (χ0n) is 22.3. The Morgan fingerprint density at radius 1 is 0.800 bits per heavy atom. The molecule has 0 bridgehead atoms. The molecule has 35 heavy (non-hydrogen) atoms. The molecule has 3 rings (SSSR count). The molecule has 1 fully saturated rings. The summed E-state index contributed by atoms with van der Waals surface area (Å²) in [5.74, 6) is 0. The lowest BCUT2D eigenvalue weighted by Gasteiger charge is -2.44. The summed E-state index contributed by atoms with van der Waals surface area (Å²) in [5.41, 5.74) is 3.61. The van der Waals surface area contributed by atoms with E-state index in [1.165, 1.54) is 0 Å². The van der Waals surface area contributed by atoms with Gasteiger partial charge in [0.05, 0.1) is 38.0 Å². The minimum absolute atomic E-state index is 0.128. The lowest BCUT2D eigenvalue weighted by Crippen LogP contribution is -2.52. The van der Waals surface area contributed by atoms with E-state index in [2.05, 4.69) is 58.6 Å². The lowest BCUT2D eigenvalue weighted by atomic mass is 10.1. The second-order valence-corrected chi connectivity index (χ2v) is 16.3. The second kappa shape index (κ2) is 12.6. The molecule has 5 nitrogen and oxygen atoms in total. The summed E-state index contributed by atoms with van der Waals surface area (Å²) >= 11 is 0. The number of rotatable bonds is 12. The molecule has 0 aliphatic carbocycles. The van der Waals surface area contributed by atoms with Crippen LogP contribution in [0, 0.1) is 0 Å². The van der Waals surface area contributed by atoms with E-state index < -0.39 is 26.6 Å². The average molecular weight is 500 g/mol. The van der Waals surface area contributed by atoms with E-state index in [-0.39, 0.29) is 12.6 Å². The average Bonchev–Trinajstić information content (AvgIpc) is 3.08. The summed E-state index contributed by atoms with van der Waals surface area (Å²) < 4.78 is 13.4. The molecule has 4 atom stereocenters. The predicted octanol–water partition coefficient (Wildman–Crippen LogP) is 5.37. The molecular weight excluding hydrogens is 454 g/mol. The van der Waals surface area contributed by atoms with E-state index in [0.717, 1.165) is 11.1 Å². The van der Waals surface area contributed by atoms with E-state index in [1.54, 1.807) is 0 Å². The molecule has 6 heteroatoms. The van der Waals surface area contributed by atoms with Gasteiger partial charge >= 0.3 is 0 Å². The summed E-state index contributed by atoms with van der Waals surface area (Å²) in [4.78, 5) is 2.20. The SMILES string of the molecule is CC(C)[Si](OC[C@@H]1[C@@H](OCc2ccccc2)[C@H](O)[C@H](CO)N1Cc1ccccc1)(C(C)C)C(C)C. The molecule has 194 valence electrons. The highest BCUT2D eigenvalue weighted by molar-refractivity contribution is 6.77. The Kier molecular flexibility index (Phi) is 10.1. The van der Waals surface area contributed by atoms with Crippen LogP contribution in [-0.2, 0) is 22.3 Å². The van der Waals surface area contributed by atoms with Gasteiger partial charge in [0, 0.05) is 6.54 Å². The predicted molar refractivity (Wildman–Crippen MR) is 145 cm³/mol. The third-order valence-electron chi connectivity index (χ3n) is 7.85. The van der Waals surface area contributed by atoms with Crippen LogP contribution in [0.25, 0.3) is 0 Å². The van der Waals surface area contributed by atoms with Gasteiger partial charge in [-0.3, -0.25) is 4.90 Å². The van der Waals surface area contributed by atoms with Crippen LogP contribution in [0.5, 0.6) is 0 Å². The molecule has 2 aromatic carbocycles. The number of hydrogen-bond acceptors (Lipinski definition) is 5. The first-order chi connectivity index (χ1) is 16.7. The fraction of sp³-hybridized carbons (Fsp3) is 0.586. The van der Waals surface area contributed by atoms with Crippen molar-refractivity contribution in [3.63, 3.8) is 0 Å². The largest absolute Gasteiger partial charge is 0.414 e. The molecule has 1 heterocycles. The van der Waals surface area contributed by atoms with Crippen LogP contribution in [0.4, 0.5) is 0 Å². The number of likely N-dealkylation sites (tertiary alicyclic amines) is 1. The van der Waals surface area contributed by atoms with Gasteiger partial charge in [0.1, 0.15) is 6.10 Å². The molecule has 0 spiro atoms. The number of aliphatic hydroxyl groups excluding tert-OH is 2. The Morgan fingerprint density at radius 3 is 1.80 bits per heavy atom. The van der Waals surface area contributed by atoms with Crippen molar-refractivity contribution in [1.29, 1.82) is 0 Å². The molecule has 0 unspecified atom stereocenters. The molecule has 1 saturated heterocycles. The van der Waals surface area contributed by atoms with E-state index in [9.17, 15) is 10.2 Å². The fourth-order valence-corrected chi connectivity index (χ4v) is 11.7. The van der Waals surface area contributed by atoms with Crippen LogP contribution in [0.2, 0.25) is 16.6 Å². The first-order valence-electron chi connectivity index (χ1n) is 13.1. The van der Waals surface area contributed by atoms with Crippen LogP contribution >= 0.6 is 0 Å². The van der Waals surface area contributed by atoms with Crippen LogP contribution in [0.1, 0.15) is 52.7 Å². The van der Waals surface area contributed by atoms with Crippen molar-refractivity contribution in [3.8, 4) is 0 Å². The number of hydrogen-bond donors (Lipinski definition) is 2. The van der Waals surface area contributed by atoms with Gasteiger partial charge in [0.15, 0.2) is 8.32 Å².